The Morgan fingerprint density at radius 2 is 1.45 bits per heavy atom. The Morgan fingerprint density at radius 3 is 2.06 bits per heavy atom. The molecule has 0 saturated heterocycles. The van der Waals surface area contributed by atoms with Crippen LogP contribution in [0.3, 0.4) is 0 Å². The number of carboxylic acids is 1. The van der Waals surface area contributed by atoms with E-state index in [1.165, 1.54) is 31.4 Å². The highest BCUT2D eigenvalue weighted by Crippen LogP contribution is 2.27. The zero-order chi connectivity index (χ0) is 23.8. The Morgan fingerprint density at radius 1 is 0.879 bits per heavy atom. The first-order valence-electron chi connectivity index (χ1n) is 10.3. The molecule has 2 atom stereocenters. The van der Waals surface area contributed by atoms with Gasteiger partial charge in [0.25, 0.3) is 5.91 Å². The fraction of sp³-hybridized carbons (Fsp3) is 0.250. The van der Waals surface area contributed by atoms with E-state index in [2.05, 4.69) is 10.6 Å². The van der Waals surface area contributed by atoms with E-state index in [1.54, 1.807) is 36.4 Å². The van der Waals surface area contributed by atoms with Gasteiger partial charge in [-0.25, -0.2) is 4.79 Å². The molecule has 3 N–H and O–H groups in total. The SMILES string of the molecule is COc1ccc(NC(=O)COC(=O)c2ccc(NC(=O)[C@H]3CC=CC[C@@H]3C(=O)O)cc2)cc1. The molecular weight excluding hydrogens is 428 g/mol. The number of rotatable bonds is 8. The highest BCUT2D eigenvalue weighted by Gasteiger charge is 2.33. The van der Waals surface area contributed by atoms with Crippen LogP contribution in [-0.4, -0.2) is 42.6 Å². The third-order valence-corrected chi connectivity index (χ3v) is 5.18. The second-order valence-electron chi connectivity index (χ2n) is 7.41. The number of methoxy groups -OCH3 is 1. The Labute approximate surface area is 190 Å². The number of carbonyl (C=O) groups is 4. The highest BCUT2D eigenvalue weighted by atomic mass is 16.5. The second-order valence-corrected chi connectivity index (χ2v) is 7.41. The summed E-state index contributed by atoms with van der Waals surface area (Å²) in [6.07, 6.45) is 4.23. The molecule has 2 aromatic rings. The first kappa shape index (κ1) is 23.5. The van der Waals surface area contributed by atoms with Gasteiger partial charge in [-0.3, -0.25) is 14.4 Å². The molecule has 0 bridgehead atoms. The monoisotopic (exact) mass is 452 g/mol. The van der Waals surface area contributed by atoms with Crippen molar-refractivity contribution in [3.8, 4) is 5.75 Å². The fourth-order valence-corrected chi connectivity index (χ4v) is 3.39. The first-order chi connectivity index (χ1) is 15.9. The summed E-state index contributed by atoms with van der Waals surface area (Å²) >= 11 is 0. The number of carboxylic acid groups (broad SMARTS) is 1. The summed E-state index contributed by atoms with van der Waals surface area (Å²) in [4.78, 5) is 48.1. The summed E-state index contributed by atoms with van der Waals surface area (Å²) in [5.74, 6) is -3.37. The van der Waals surface area contributed by atoms with E-state index < -0.39 is 42.2 Å². The maximum Gasteiger partial charge on any atom is 0.338 e. The van der Waals surface area contributed by atoms with E-state index in [1.807, 2.05) is 0 Å². The van der Waals surface area contributed by atoms with E-state index >= 15 is 0 Å². The summed E-state index contributed by atoms with van der Waals surface area (Å²) in [6.45, 7) is -0.463. The predicted molar refractivity (Wildman–Crippen MR) is 120 cm³/mol. The number of allylic oxidation sites excluding steroid dienone is 2. The molecule has 2 aromatic carbocycles. The zero-order valence-corrected chi connectivity index (χ0v) is 17.9. The number of esters is 1. The number of benzene rings is 2. The van der Waals surface area contributed by atoms with Crippen molar-refractivity contribution in [3.05, 3.63) is 66.2 Å². The van der Waals surface area contributed by atoms with Gasteiger partial charge in [0.15, 0.2) is 6.61 Å². The molecule has 0 spiro atoms. The molecular formula is C24H24N2O7. The van der Waals surface area contributed by atoms with E-state index in [0.29, 0.717) is 30.0 Å². The lowest BCUT2D eigenvalue weighted by Crippen LogP contribution is -2.34. The Bertz CT molecular complexity index is 1050. The molecule has 0 unspecified atom stereocenters. The first-order valence-corrected chi connectivity index (χ1v) is 10.3. The van der Waals surface area contributed by atoms with Crippen LogP contribution in [0.15, 0.2) is 60.7 Å². The number of amides is 2. The lowest BCUT2D eigenvalue weighted by atomic mass is 9.82. The van der Waals surface area contributed by atoms with E-state index in [4.69, 9.17) is 9.47 Å². The van der Waals surface area contributed by atoms with E-state index in [-0.39, 0.29) is 5.56 Å². The topological polar surface area (TPSA) is 131 Å². The van der Waals surface area contributed by atoms with Gasteiger partial charge in [-0.15, -0.1) is 0 Å². The largest absolute Gasteiger partial charge is 0.497 e. The Kier molecular flexibility index (Phi) is 7.80. The van der Waals surface area contributed by atoms with Gasteiger partial charge in [-0.2, -0.15) is 0 Å². The molecule has 0 aliphatic heterocycles. The molecule has 1 aliphatic rings. The summed E-state index contributed by atoms with van der Waals surface area (Å²) in [7, 11) is 1.54. The molecule has 172 valence electrons. The summed E-state index contributed by atoms with van der Waals surface area (Å²) in [5.41, 5.74) is 1.16. The van der Waals surface area contributed by atoms with Crippen LogP contribution in [0.2, 0.25) is 0 Å². The summed E-state index contributed by atoms with van der Waals surface area (Å²) in [5, 5.41) is 14.6. The summed E-state index contributed by atoms with van der Waals surface area (Å²) in [6, 6.07) is 12.6. The van der Waals surface area contributed by atoms with Crippen molar-refractivity contribution in [2.75, 3.05) is 24.4 Å². The quantitative estimate of drug-likeness (QED) is 0.414. The van der Waals surface area contributed by atoms with Crippen LogP contribution in [0, 0.1) is 11.8 Å². The van der Waals surface area contributed by atoms with Crippen LogP contribution >= 0.6 is 0 Å². The average molecular weight is 452 g/mol. The second kappa shape index (κ2) is 10.9. The van der Waals surface area contributed by atoms with Gasteiger partial charge in [0, 0.05) is 11.4 Å². The minimum Gasteiger partial charge on any atom is -0.497 e. The van der Waals surface area contributed by atoms with Crippen LogP contribution in [0.5, 0.6) is 5.75 Å². The van der Waals surface area contributed by atoms with Gasteiger partial charge in [0.05, 0.1) is 24.5 Å². The lowest BCUT2D eigenvalue weighted by molar-refractivity contribution is -0.146. The molecule has 9 nitrogen and oxygen atoms in total. The van der Waals surface area contributed by atoms with Crippen molar-refractivity contribution >= 4 is 35.1 Å². The molecule has 3 rings (SSSR count). The van der Waals surface area contributed by atoms with Gasteiger partial charge in [0.1, 0.15) is 5.75 Å². The van der Waals surface area contributed by atoms with Crippen molar-refractivity contribution in [2.24, 2.45) is 11.8 Å². The average Bonchev–Trinajstić information content (AvgIpc) is 2.83. The molecule has 1 aliphatic carbocycles. The number of carbonyl (C=O) groups excluding carboxylic acids is 3. The van der Waals surface area contributed by atoms with Crippen LogP contribution in [0.1, 0.15) is 23.2 Å². The maximum atomic E-state index is 12.5. The zero-order valence-electron chi connectivity index (χ0n) is 17.9. The van der Waals surface area contributed by atoms with E-state index in [9.17, 15) is 24.3 Å². The number of nitrogens with one attached hydrogen (secondary N) is 2. The predicted octanol–water partition coefficient (Wildman–Crippen LogP) is 3.10. The molecule has 0 radical (unpaired) electrons. The molecule has 0 saturated carbocycles. The third-order valence-electron chi connectivity index (χ3n) is 5.18. The molecule has 2 amide bonds. The van der Waals surface area contributed by atoms with Crippen LogP contribution < -0.4 is 15.4 Å². The Hall–Kier alpha value is -4.14. The Balaban J connectivity index is 1.50. The van der Waals surface area contributed by atoms with Crippen molar-refractivity contribution in [1.29, 1.82) is 0 Å². The normalized spacial score (nSPS) is 17.0. The lowest BCUT2D eigenvalue weighted by Gasteiger charge is -2.24. The molecule has 9 heteroatoms. The number of hydrogen-bond donors (Lipinski definition) is 3. The van der Waals surface area contributed by atoms with Gasteiger partial charge in [0.2, 0.25) is 5.91 Å². The van der Waals surface area contributed by atoms with Crippen LogP contribution in [-0.2, 0) is 19.1 Å². The van der Waals surface area contributed by atoms with Gasteiger partial charge < -0.3 is 25.2 Å². The van der Waals surface area contributed by atoms with E-state index in [0.717, 1.165) is 0 Å². The molecule has 0 heterocycles. The number of aliphatic carboxylic acids is 1. The summed E-state index contributed by atoms with van der Waals surface area (Å²) < 4.78 is 10.1. The van der Waals surface area contributed by atoms with Crippen molar-refractivity contribution < 1.29 is 33.8 Å². The molecule has 33 heavy (non-hydrogen) atoms. The van der Waals surface area contributed by atoms with Gasteiger partial charge >= 0.3 is 11.9 Å². The minimum absolute atomic E-state index is 0.203. The smallest absolute Gasteiger partial charge is 0.338 e. The van der Waals surface area contributed by atoms with Crippen molar-refractivity contribution in [1.82, 2.24) is 0 Å². The maximum absolute atomic E-state index is 12.5. The fourth-order valence-electron chi connectivity index (χ4n) is 3.39. The molecule has 0 fully saturated rings. The number of hydrogen-bond acceptors (Lipinski definition) is 6. The third kappa shape index (κ3) is 6.42. The number of ether oxygens (including phenoxy) is 2. The van der Waals surface area contributed by atoms with Gasteiger partial charge in [-0.05, 0) is 61.4 Å². The van der Waals surface area contributed by atoms with Gasteiger partial charge in [-0.1, -0.05) is 12.2 Å². The highest BCUT2D eigenvalue weighted by molar-refractivity contribution is 5.97. The standard InChI is InChI=1S/C24H24N2O7/c1-32-18-12-10-16(11-13-18)25-21(27)14-33-24(31)15-6-8-17(9-7-15)26-22(28)19-4-2-3-5-20(19)23(29)30/h2-3,6-13,19-20H,4-5,14H2,1H3,(H,25,27)(H,26,28)(H,29,30)/t19-,20-/m0/s1. The molecule has 0 aromatic heterocycles. The number of anilines is 2. The van der Waals surface area contributed by atoms with Crippen LogP contribution in [0.25, 0.3) is 0 Å². The minimum atomic E-state index is -1.01. The van der Waals surface area contributed by atoms with Crippen molar-refractivity contribution in [2.45, 2.75) is 12.8 Å². The van der Waals surface area contributed by atoms with Crippen molar-refractivity contribution in [3.63, 3.8) is 0 Å². The van der Waals surface area contributed by atoms with Crippen LogP contribution in [0.4, 0.5) is 11.4 Å².